The molecule has 2 atom stereocenters. The summed E-state index contributed by atoms with van der Waals surface area (Å²) in [6.07, 6.45) is -13.7. The van der Waals surface area contributed by atoms with E-state index in [1.807, 2.05) is 0 Å². The zero-order chi connectivity index (χ0) is 32.5. The third kappa shape index (κ3) is 4.54. The first-order valence-electron chi connectivity index (χ1n) is 13.0. The number of nitrogens with zero attached hydrogens (tertiary/aromatic N) is 1. The maximum atomic E-state index is 14.9. The lowest BCUT2D eigenvalue weighted by molar-refractivity contribution is -0.348. The molecule has 1 saturated heterocycles. The Kier molecular flexibility index (Phi) is 7.34. The summed E-state index contributed by atoms with van der Waals surface area (Å²) < 4.78 is 136. The molecule has 0 bridgehead atoms. The minimum atomic E-state index is -6.39. The molecule has 44 heavy (non-hydrogen) atoms. The highest BCUT2D eigenvalue weighted by atomic mass is 32.2. The van der Waals surface area contributed by atoms with Crippen molar-refractivity contribution in [2.24, 2.45) is 0 Å². The van der Waals surface area contributed by atoms with Crippen molar-refractivity contribution in [1.29, 1.82) is 0 Å². The molecule has 0 spiro atoms. The zero-order valence-corrected chi connectivity index (χ0v) is 23.0. The number of aryl methyl sites for hydroxylation is 1. The van der Waals surface area contributed by atoms with Gasteiger partial charge in [-0.15, -0.1) is 0 Å². The number of aromatic carboxylic acids is 1. The smallest absolute Gasteiger partial charge is 0.435 e. The van der Waals surface area contributed by atoms with E-state index < -0.39 is 66.8 Å². The van der Waals surface area contributed by atoms with Crippen molar-refractivity contribution in [3.63, 3.8) is 0 Å². The Morgan fingerprint density at radius 1 is 0.841 bits per heavy atom. The normalized spacial score (nSPS) is 20.6. The number of benzene rings is 3. The molecule has 0 radical (unpaired) electrons. The van der Waals surface area contributed by atoms with Crippen LogP contribution in [0.15, 0.2) is 71.6 Å². The van der Waals surface area contributed by atoms with E-state index in [2.05, 4.69) is 0 Å². The SMILES string of the molecule is O=C(O)c1ccc(C(=O)N2CC[C@]3(S(=O)(=O)c4ccc(F)cc4)c4ccc(C(F)(C(F)(F)F)C(F)(F)F)cc4CC[C@H]23)cc1. The number of carbonyl (C=O) groups is 2. The molecule has 2 aliphatic rings. The van der Waals surface area contributed by atoms with E-state index in [0.717, 1.165) is 42.5 Å². The first kappa shape index (κ1) is 31.4. The summed E-state index contributed by atoms with van der Waals surface area (Å²) in [5, 5.41) is 9.15. The molecule has 5 rings (SSSR count). The van der Waals surface area contributed by atoms with Crippen LogP contribution < -0.4 is 0 Å². The van der Waals surface area contributed by atoms with Gasteiger partial charge in [-0.05, 0) is 78.9 Å². The maximum Gasteiger partial charge on any atom is 0.435 e. The third-order valence-electron chi connectivity index (χ3n) is 8.31. The van der Waals surface area contributed by atoms with Gasteiger partial charge in [-0.25, -0.2) is 22.0 Å². The summed E-state index contributed by atoms with van der Waals surface area (Å²) >= 11 is 0. The quantitative estimate of drug-likeness (QED) is 0.258. The summed E-state index contributed by atoms with van der Waals surface area (Å²) in [5.74, 6) is -2.73. The molecule has 6 nitrogen and oxygen atoms in total. The fourth-order valence-electron chi connectivity index (χ4n) is 6.22. The molecule has 1 aliphatic carbocycles. The number of halogens is 8. The van der Waals surface area contributed by atoms with Crippen LogP contribution in [0.5, 0.6) is 0 Å². The number of carboxylic acids is 1. The number of fused-ring (bicyclic) bond motifs is 3. The highest BCUT2D eigenvalue weighted by Crippen LogP contribution is 2.56. The molecule has 0 unspecified atom stereocenters. The van der Waals surface area contributed by atoms with Gasteiger partial charge in [0.15, 0.2) is 9.84 Å². The molecule has 234 valence electrons. The van der Waals surface area contributed by atoms with Gasteiger partial charge in [-0.3, -0.25) is 4.79 Å². The Labute approximate surface area is 244 Å². The summed E-state index contributed by atoms with van der Waals surface area (Å²) in [5.41, 5.74) is -8.11. The molecule has 1 amide bonds. The van der Waals surface area contributed by atoms with Crippen LogP contribution in [0.4, 0.5) is 35.1 Å². The largest absolute Gasteiger partial charge is 0.478 e. The van der Waals surface area contributed by atoms with E-state index in [1.165, 1.54) is 17.0 Å². The minimum absolute atomic E-state index is 0.00342. The Morgan fingerprint density at radius 2 is 1.41 bits per heavy atom. The van der Waals surface area contributed by atoms with Gasteiger partial charge in [-0.2, -0.15) is 26.3 Å². The molecule has 1 heterocycles. The van der Waals surface area contributed by atoms with Crippen LogP contribution >= 0.6 is 0 Å². The number of amides is 1. The summed E-state index contributed by atoms with van der Waals surface area (Å²) in [6, 6.07) is 8.53. The minimum Gasteiger partial charge on any atom is -0.478 e. The van der Waals surface area contributed by atoms with E-state index >= 15 is 0 Å². The monoisotopic (exact) mass is 647 g/mol. The zero-order valence-electron chi connectivity index (χ0n) is 22.2. The van der Waals surface area contributed by atoms with Crippen LogP contribution in [0.1, 0.15) is 50.2 Å². The van der Waals surface area contributed by atoms with Crippen molar-refractivity contribution in [1.82, 2.24) is 4.90 Å². The highest BCUT2D eigenvalue weighted by molar-refractivity contribution is 7.92. The average Bonchev–Trinajstić information content (AvgIpc) is 3.37. The van der Waals surface area contributed by atoms with Crippen molar-refractivity contribution < 1.29 is 58.2 Å². The molecule has 0 saturated carbocycles. The average molecular weight is 648 g/mol. The van der Waals surface area contributed by atoms with E-state index in [9.17, 15) is 53.1 Å². The Morgan fingerprint density at radius 3 is 1.95 bits per heavy atom. The van der Waals surface area contributed by atoms with Crippen LogP contribution in [0, 0.1) is 5.82 Å². The summed E-state index contributed by atoms with van der Waals surface area (Å²) in [4.78, 5) is 25.6. The molecule has 3 aromatic carbocycles. The van der Waals surface area contributed by atoms with Gasteiger partial charge >= 0.3 is 24.0 Å². The van der Waals surface area contributed by atoms with Gasteiger partial charge in [0, 0.05) is 17.7 Å². The van der Waals surface area contributed by atoms with Crippen LogP contribution in [-0.2, 0) is 26.7 Å². The summed E-state index contributed by atoms with van der Waals surface area (Å²) in [7, 11) is -4.64. The standard InChI is InChI=1S/C29H21F8NO5S/c30-20-7-9-21(10-8-20)44(42,43)26-13-14-38(24(39)16-1-3-17(4-2-16)25(40)41)23(26)12-5-18-15-19(6-11-22(18)26)27(31,28(32,33)34)29(35,36)37/h1-4,6-11,15,23H,5,12-14H2,(H,40,41)/t23-,26-/m0/s1. The van der Waals surface area contributed by atoms with Gasteiger partial charge in [0.2, 0.25) is 0 Å². The number of carbonyl (C=O) groups excluding carboxylic acids is 1. The van der Waals surface area contributed by atoms with Gasteiger partial charge in [-0.1, -0.05) is 18.2 Å². The van der Waals surface area contributed by atoms with Crippen molar-refractivity contribution in [3.8, 4) is 0 Å². The van der Waals surface area contributed by atoms with Gasteiger partial charge in [0.05, 0.1) is 16.5 Å². The van der Waals surface area contributed by atoms with Crippen molar-refractivity contribution in [2.75, 3.05) is 6.54 Å². The number of hydrogen-bond acceptors (Lipinski definition) is 4. The van der Waals surface area contributed by atoms with Gasteiger partial charge in [0.1, 0.15) is 10.6 Å². The van der Waals surface area contributed by atoms with Gasteiger partial charge < -0.3 is 10.0 Å². The van der Waals surface area contributed by atoms with Crippen LogP contribution in [0.25, 0.3) is 0 Å². The molecule has 1 aliphatic heterocycles. The van der Waals surface area contributed by atoms with Gasteiger partial charge in [0.25, 0.3) is 5.91 Å². The number of hydrogen-bond donors (Lipinski definition) is 1. The number of sulfone groups is 1. The maximum absolute atomic E-state index is 14.9. The van der Waals surface area contributed by atoms with Crippen molar-refractivity contribution in [3.05, 3.63) is 100 Å². The molecule has 1 N–H and O–H groups in total. The highest BCUT2D eigenvalue weighted by Gasteiger charge is 2.73. The number of rotatable bonds is 5. The third-order valence-corrected chi connectivity index (χ3v) is 10.9. The fourth-order valence-corrected chi connectivity index (χ4v) is 8.59. The van der Waals surface area contributed by atoms with Crippen molar-refractivity contribution in [2.45, 2.75) is 53.0 Å². The van der Waals surface area contributed by atoms with E-state index in [4.69, 9.17) is 5.11 Å². The Bertz CT molecular complexity index is 1720. The fraction of sp³-hybridized carbons (Fsp3) is 0.310. The lowest BCUT2D eigenvalue weighted by Crippen LogP contribution is -2.53. The molecular weight excluding hydrogens is 626 g/mol. The second-order valence-corrected chi connectivity index (χ2v) is 12.8. The molecular formula is C29H21F8NO5S. The molecule has 1 fully saturated rings. The van der Waals surface area contributed by atoms with E-state index in [1.54, 1.807) is 0 Å². The lowest BCUT2D eigenvalue weighted by Gasteiger charge is -2.43. The predicted octanol–water partition coefficient (Wildman–Crippen LogP) is 6.34. The molecule has 0 aromatic heterocycles. The van der Waals surface area contributed by atoms with Crippen molar-refractivity contribution >= 4 is 21.7 Å². The summed E-state index contributed by atoms with van der Waals surface area (Å²) in [6.45, 7) is -0.218. The number of carboxylic acid groups (broad SMARTS) is 1. The van der Waals surface area contributed by atoms with E-state index in [-0.39, 0.29) is 54.1 Å². The van der Waals surface area contributed by atoms with Crippen LogP contribution in [-0.4, -0.2) is 55.2 Å². The Hall–Kier alpha value is -4.01. The number of alkyl halides is 7. The predicted molar refractivity (Wildman–Crippen MR) is 138 cm³/mol. The van der Waals surface area contributed by atoms with E-state index in [0.29, 0.717) is 6.07 Å². The number of likely N-dealkylation sites (tertiary alicyclic amines) is 1. The molecule has 15 heteroatoms. The first-order valence-corrected chi connectivity index (χ1v) is 14.5. The lowest BCUT2D eigenvalue weighted by atomic mass is 9.76. The van der Waals surface area contributed by atoms with Crippen LogP contribution in [0.2, 0.25) is 0 Å². The Balaban J connectivity index is 1.68. The second kappa shape index (κ2) is 10.3. The van der Waals surface area contributed by atoms with Crippen LogP contribution in [0.3, 0.4) is 0 Å². The topological polar surface area (TPSA) is 91.8 Å². The first-order chi connectivity index (χ1) is 20.4. The second-order valence-electron chi connectivity index (χ2n) is 10.6. The molecule has 3 aromatic rings.